The second-order valence-electron chi connectivity index (χ2n) is 4.02. The van der Waals surface area contributed by atoms with Crippen molar-refractivity contribution in [3.63, 3.8) is 0 Å². The monoisotopic (exact) mass is 203 g/mol. The third-order valence-electron chi connectivity index (χ3n) is 2.47. The van der Waals surface area contributed by atoms with Crippen LogP contribution in [0.1, 0.15) is 58.3 Å². The van der Waals surface area contributed by atoms with E-state index in [2.05, 4.69) is 6.92 Å². The molecule has 0 saturated carbocycles. The van der Waals surface area contributed by atoms with Crippen LogP contribution in [0.3, 0.4) is 0 Å². The minimum atomic E-state index is -1.19. The Balaban J connectivity index is 3.14. The molecule has 14 heavy (non-hydrogen) atoms. The Morgan fingerprint density at radius 3 is 2.14 bits per heavy atom. The van der Waals surface area contributed by atoms with Gasteiger partial charge in [0.2, 0.25) is 0 Å². The summed E-state index contributed by atoms with van der Waals surface area (Å²) in [6.07, 6.45) is 7.23. The fraction of sp³-hybridized carbons (Fsp3) is 1.00. The van der Waals surface area contributed by atoms with Gasteiger partial charge in [-0.1, -0.05) is 39.0 Å². The summed E-state index contributed by atoms with van der Waals surface area (Å²) >= 11 is 0. The molecule has 0 radical (unpaired) electrons. The predicted octanol–water partition coefficient (Wildman–Crippen LogP) is 1.77. The number of nitrogens with two attached hydrogens (primary N) is 1. The van der Waals surface area contributed by atoms with Crippen molar-refractivity contribution in [1.82, 2.24) is 0 Å². The zero-order chi connectivity index (χ0) is 10.8. The van der Waals surface area contributed by atoms with E-state index in [1.54, 1.807) is 0 Å². The van der Waals surface area contributed by atoms with Crippen molar-refractivity contribution in [3.8, 4) is 0 Å². The van der Waals surface area contributed by atoms with Crippen LogP contribution >= 0.6 is 0 Å². The zero-order valence-electron chi connectivity index (χ0n) is 9.28. The highest BCUT2D eigenvalue weighted by molar-refractivity contribution is 4.61. The van der Waals surface area contributed by atoms with Gasteiger partial charge in [-0.05, 0) is 19.3 Å². The van der Waals surface area contributed by atoms with Gasteiger partial charge in [0.25, 0.3) is 0 Å². The third kappa shape index (κ3) is 9.96. The molecule has 3 heteroatoms. The van der Waals surface area contributed by atoms with E-state index in [0.717, 1.165) is 6.42 Å². The number of hydrogen-bond acceptors (Lipinski definition) is 3. The van der Waals surface area contributed by atoms with Crippen LogP contribution in [0.15, 0.2) is 0 Å². The molecule has 0 aliphatic carbocycles. The van der Waals surface area contributed by atoms with Gasteiger partial charge in [-0.15, -0.1) is 0 Å². The normalized spacial score (nSPS) is 13.5. The van der Waals surface area contributed by atoms with E-state index in [9.17, 15) is 0 Å². The Morgan fingerprint density at radius 1 is 0.929 bits per heavy atom. The van der Waals surface area contributed by atoms with E-state index < -0.39 is 6.29 Å². The molecule has 3 nitrogen and oxygen atoms in total. The summed E-state index contributed by atoms with van der Waals surface area (Å²) in [5.74, 6) is 0. The first-order valence-corrected chi connectivity index (χ1v) is 5.78. The predicted molar refractivity (Wildman–Crippen MR) is 58.8 cm³/mol. The smallest absolute Gasteiger partial charge is 0.151 e. The first-order chi connectivity index (χ1) is 6.66. The minimum absolute atomic E-state index is 0.137. The summed E-state index contributed by atoms with van der Waals surface area (Å²) in [6, 6.07) is 0.137. The topological polar surface area (TPSA) is 66.5 Å². The minimum Gasteiger partial charge on any atom is -0.368 e. The number of aliphatic hydroxyl groups excluding tert-OH is 1. The Kier molecular flexibility index (Phi) is 9.35. The van der Waals surface area contributed by atoms with Crippen molar-refractivity contribution in [2.45, 2.75) is 70.6 Å². The highest BCUT2D eigenvalue weighted by Crippen LogP contribution is 2.09. The number of hydrogen-bond donors (Lipinski definition) is 3. The average molecular weight is 203 g/mol. The first kappa shape index (κ1) is 13.9. The lowest BCUT2D eigenvalue weighted by molar-refractivity contribution is -0.0474. The van der Waals surface area contributed by atoms with Gasteiger partial charge in [0.1, 0.15) is 0 Å². The van der Waals surface area contributed by atoms with Crippen LogP contribution in [0.25, 0.3) is 0 Å². The van der Waals surface area contributed by atoms with Crippen molar-refractivity contribution < 1.29 is 10.2 Å². The van der Waals surface area contributed by atoms with E-state index in [4.69, 9.17) is 15.9 Å². The van der Waals surface area contributed by atoms with Gasteiger partial charge in [0.15, 0.2) is 6.29 Å². The van der Waals surface area contributed by atoms with E-state index >= 15 is 0 Å². The van der Waals surface area contributed by atoms with Crippen molar-refractivity contribution in [2.75, 3.05) is 0 Å². The highest BCUT2D eigenvalue weighted by Gasteiger charge is 2.04. The lowest BCUT2D eigenvalue weighted by Gasteiger charge is -2.11. The molecule has 0 heterocycles. The quantitative estimate of drug-likeness (QED) is 0.395. The van der Waals surface area contributed by atoms with Gasteiger partial charge in [-0.3, -0.25) is 0 Å². The second-order valence-corrected chi connectivity index (χ2v) is 4.02. The molecule has 0 aromatic rings. The fourth-order valence-electron chi connectivity index (χ4n) is 1.52. The molecule has 0 aromatic carbocycles. The maximum Gasteiger partial charge on any atom is 0.151 e. The number of aliphatic hydroxyl groups is 2. The lowest BCUT2D eigenvalue weighted by atomic mass is 10.0. The Labute approximate surface area is 87.3 Å². The van der Waals surface area contributed by atoms with Gasteiger partial charge in [0.05, 0.1) is 0 Å². The third-order valence-corrected chi connectivity index (χ3v) is 2.47. The fourth-order valence-corrected chi connectivity index (χ4v) is 1.52. The summed E-state index contributed by atoms with van der Waals surface area (Å²) in [6.45, 7) is 2.20. The van der Waals surface area contributed by atoms with Crippen molar-refractivity contribution >= 4 is 0 Å². The summed E-state index contributed by atoms with van der Waals surface area (Å²) in [5, 5.41) is 17.3. The molecule has 0 fully saturated rings. The number of unbranched alkanes of at least 4 members (excludes halogenated alkanes) is 4. The first-order valence-electron chi connectivity index (χ1n) is 5.78. The Bertz CT molecular complexity index is 118. The summed E-state index contributed by atoms with van der Waals surface area (Å²) < 4.78 is 0. The standard InChI is InChI=1S/C11H25NO2/c1-2-3-4-5-6-7-10(12)8-9-11(13)14/h10-11,13-14H,2-9,12H2,1H3. The van der Waals surface area contributed by atoms with Crippen LogP contribution < -0.4 is 5.73 Å². The maximum atomic E-state index is 8.64. The molecule has 0 aliphatic rings. The zero-order valence-corrected chi connectivity index (χ0v) is 9.28. The van der Waals surface area contributed by atoms with Gasteiger partial charge in [-0.2, -0.15) is 0 Å². The highest BCUT2D eigenvalue weighted by atomic mass is 16.5. The van der Waals surface area contributed by atoms with Crippen LogP contribution in [0, 0.1) is 0 Å². The summed E-state index contributed by atoms with van der Waals surface area (Å²) in [7, 11) is 0. The van der Waals surface area contributed by atoms with E-state index in [-0.39, 0.29) is 6.04 Å². The van der Waals surface area contributed by atoms with E-state index in [1.807, 2.05) is 0 Å². The van der Waals surface area contributed by atoms with Gasteiger partial charge < -0.3 is 15.9 Å². The molecule has 86 valence electrons. The molecule has 0 saturated heterocycles. The van der Waals surface area contributed by atoms with Crippen LogP contribution in [-0.2, 0) is 0 Å². The second kappa shape index (κ2) is 9.44. The SMILES string of the molecule is CCCCCCCC(N)CCC(O)O. The molecule has 1 atom stereocenters. The largest absolute Gasteiger partial charge is 0.368 e. The molecule has 0 aromatic heterocycles. The summed E-state index contributed by atoms with van der Waals surface area (Å²) in [4.78, 5) is 0. The van der Waals surface area contributed by atoms with Gasteiger partial charge in [-0.25, -0.2) is 0 Å². The Morgan fingerprint density at radius 2 is 1.57 bits per heavy atom. The molecule has 0 bridgehead atoms. The van der Waals surface area contributed by atoms with Gasteiger partial charge in [0, 0.05) is 6.04 Å². The molecule has 0 spiro atoms. The molecule has 0 aliphatic heterocycles. The Hall–Kier alpha value is -0.120. The van der Waals surface area contributed by atoms with Crippen LogP contribution in [0.2, 0.25) is 0 Å². The van der Waals surface area contributed by atoms with Crippen molar-refractivity contribution in [3.05, 3.63) is 0 Å². The van der Waals surface area contributed by atoms with Crippen LogP contribution in [-0.4, -0.2) is 22.5 Å². The average Bonchev–Trinajstić information content (AvgIpc) is 2.14. The molecule has 4 N–H and O–H groups in total. The number of rotatable bonds is 9. The van der Waals surface area contributed by atoms with E-state index in [1.165, 1.54) is 32.1 Å². The molecular weight excluding hydrogens is 178 g/mol. The molecule has 0 rings (SSSR count). The molecular formula is C11H25NO2. The van der Waals surface area contributed by atoms with Crippen LogP contribution in [0.5, 0.6) is 0 Å². The summed E-state index contributed by atoms with van der Waals surface area (Å²) in [5.41, 5.74) is 5.81. The van der Waals surface area contributed by atoms with E-state index in [0.29, 0.717) is 12.8 Å². The van der Waals surface area contributed by atoms with Crippen molar-refractivity contribution in [1.29, 1.82) is 0 Å². The molecule has 0 amide bonds. The van der Waals surface area contributed by atoms with Gasteiger partial charge >= 0.3 is 0 Å². The molecule has 1 unspecified atom stereocenters. The van der Waals surface area contributed by atoms with Crippen LogP contribution in [0.4, 0.5) is 0 Å². The van der Waals surface area contributed by atoms with Crippen molar-refractivity contribution in [2.24, 2.45) is 5.73 Å². The maximum absolute atomic E-state index is 8.64. The lowest BCUT2D eigenvalue weighted by Crippen LogP contribution is -2.21.